The van der Waals surface area contributed by atoms with E-state index in [1.807, 2.05) is 0 Å². The minimum absolute atomic E-state index is 0.186. The fraction of sp³-hybridized carbons (Fsp3) is 0.642. The van der Waals surface area contributed by atoms with Crippen LogP contribution in [0.1, 0.15) is 194 Å². The normalized spacial score (nSPS) is 13.4. The zero-order valence-electron chi connectivity index (χ0n) is 37.1. The Kier molecular flexibility index (Phi) is 46.7. The van der Waals surface area contributed by atoms with Crippen molar-refractivity contribution in [1.82, 2.24) is 0 Å². The highest BCUT2D eigenvalue weighted by molar-refractivity contribution is 5.69. The van der Waals surface area contributed by atoms with Gasteiger partial charge in [-0.05, 0) is 96.3 Å². The predicted octanol–water partition coefficient (Wildman–Crippen LogP) is 15.9. The molecule has 0 aromatic carbocycles. The zero-order valence-corrected chi connectivity index (χ0v) is 37.1. The molecule has 1 atom stereocenters. The molecule has 0 bridgehead atoms. The van der Waals surface area contributed by atoms with Crippen molar-refractivity contribution in [2.24, 2.45) is 0 Å². The molecule has 0 rings (SSSR count). The van der Waals surface area contributed by atoms with Crippen LogP contribution in [0.25, 0.3) is 0 Å². The summed E-state index contributed by atoms with van der Waals surface area (Å²) in [6.07, 6.45) is 71.6. The number of esters is 1. The Morgan fingerprint density at radius 1 is 0.421 bits per heavy atom. The number of ether oxygens (including phenoxy) is 2. The Bertz CT molecular complexity index is 1100. The quantitative estimate of drug-likeness (QED) is 0.0380. The monoisotopic (exact) mass is 789 g/mol. The lowest BCUT2D eigenvalue weighted by molar-refractivity contribution is -0.154. The van der Waals surface area contributed by atoms with Gasteiger partial charge >= 0.3 is 5.97 Å². The van der Waals surface area contributed by atoms with Crippen LogP contribution in [-0.4, -0.2) is 37.0 Å². The van der Waals surface area contributed by atoms with Crippen molar-refractivity contribution in [1.29, 1.82) is 0 Å². The van der Waals surface area contributed by atoms with Gasteiger partial charge < -0.3 is 14.6 Å². The van der Waals surface area contributed by atoms with Crippen molar-refractivity contribution in [3.63, 3.8) is 0 Å². The van der Waals surface area contributed by atoms with Gasteiger partial charge in [0.25, 0.3) is 0 Å². The van der Waals surface area contributed by atoms with Gasteiger partial charge in [-0.25, -0.2) is 0 Å². The molecule has 0 saturated heterocycles. The van der Waals surface area contributed by atoms with Crippen molar-refractivity contribution in [2.75, 3.05) is 19.8 Å². The van der Waals surface area contributed by atoms with Gasteiger partial charge in [-0.3, -0.25) is 4.79 Å². The van der Waals surface area contributed by atoms with E-state index in [4.69, 9.17) is 9.47 Å². The van der Waals surface area contributed by atoms with E-state index >= 15 is 0 Å². The number of aliphatic hydroxyl groups excluding tert-OH is 1. The third kappa shape index (κ3) is 47.3. The summed E-state index contributed by atoms with van der Waals surface area (Å²) < 4.78 is 11.2. The molecule has 0 amide bonds. The van der Waals surface area contributed by atoms with Crippen LogP contribution in [0.15, 0.2) is 109 Å². The average Bonchev–Trinajstić information content (AvgIpc) is 3.22. The molecular weight excluding hydrogens is 701 g/mol. The maximum absolute atomic E-state index is 12.2. The van der Waals surface area contributed by atoms with Gasteiger partial charge in [0.05, 0.1) is 13.2 Å². The second-order valence-corrected chi connectivity index (χ2v) is 15.1. The number of carbonyl (C=O) groups is 1. The molecule has 4 nitrogen and oxygen atoms in total. The first kappa shape index (κ1) is 54.0. The van der Waals surface area contributed by atoms with Crippen LogP contribution in [0.3, 0.4) is 0 Å². The minimum Gasteiger partial charge on any atom is -0.457 e. The summed E-state index contributed by atoms with van der Waals surface area (Å²) in [4.78, 5) is 12.2. The van der Waals surface area contributed by atoms with E-state index in [0.717, 1.165) is 89.9 Å². The number of hydrogen-bond donors (Lipinski definition) is 1. The molecule has 57 heavy (non-hydrogen) atoms. The first-order chi connectivity index (χ1) is 28.2. The highest BCUT2D eigenvalue weighted by atomic mass is 16.6. The third-order valence-electron chi connectivity index (χ3n) is 9.59. The molecule has 0 aliphatic rings. The molecule has 0 aliphatic carbocycles. The van der Waals surface area contributed by atoms with Gasteiger partial charge in [-0.15, -0.1) is 0 Å². The van der Waals surface area contributed by atoms with Crippen LogP contribution in [0.5, 0.6) is 0 Å². The summed E-state index contributed by atoms with van der Waals surface area (Å²) in [5.74, 6) is -0.220. The Hall–Kier alpha value is -2.95. The molecule has 0 aromatic rings. The number of hydrogen-bond acceptors (Lipinski definition) is 4. The molecule has 0 aliphatic heterocycles. The topological polar surface area (TPSA) is 55.8 Å². The van der Waals surface area contributed by atoms with E-state index in [-0.39, 0.29) is 19.2 Å². The maximum Gasteiger partial charge on any atom is 0.306 e. The fourth-order valence-electron chi connectivity index (χ4n) is 6.17. The number of carbonyl (C=O) groups excluding carboxylic acids is 1. The second kappa shape index (κ2) is 49.2. The Labute approximate surface area is 353 Å². The van der Waals surface area contributed by atoms with Crippen LogP contribution in [0, 0.1) is 0 Å². The molecular formula is C53H88O4. The average molecular weight is 789 g/mol. The number of aliphatic hydroxyl groups is 1. The van der Waals surface area contributed by atoms with Gasteiger partial charge in [-0.2, -0.15) is 0 Å². The van der Waals surface area contributed by atoms with Crippen molar-refractivity contribution in [2.45, 2.75) is 200 Å². The van der Waals surface area contributed by atoms with Crippen LogP contribution in [0.2, 0.25) is 0 Å². The lowest BCUT2D eigenvalue weighted by atomic mass is 10.1. The molecule has 0 fully saturated rings. The van der Waals surface area contributed by atoms with E-state index in [0.29, 0.717) is 13.0 Å². The second-order valence-electron chi connectivity index (χ2n) is 15.1. The summed E-state index contributed by atoms with van der Waals surface area (Å²) in [5, 5.41) is 9.63. The Morgan fingerprint density at radius 3 is 1.11 bits per heavy atom. The van der Waals surface area contributed by atoms with E-state index < -0.39 is 6.10 Å². The van der Waals surface area contributed by atoms with Crippen molar-refractivity contribution in [3.8, 4) is 0 Å². The van der Waals surface area contributed by atoms with Crippen LogP contribution >= 0.6 is 0 Å². The van der Waals surface area contributed by atoms with Crippen molar-refractivity contribution < 1.29 is 19.4 Å². The number of allylic oxidation sites excluding steroid dienone is 18. The molecule has 4 heteroatoms. The van der Waals surface area contributed by atoms with E-state index in [1.165, 1.54) is 83.5 Å². The van der Waals surface area contributed by atoms with Gasteiger partial charge in [0.2, 0.25) is 0 Å². The molecule has 0 heterocycles. The first-order valence-corrected chi connectivity index (χ1v) is 23.5. The van der Waals surface area contributed by atoms with Crippen LogP contribution < -0.4 is 0 Å². The van der Waals surface area contributed by atoms with Crippen LogP contribution in [-0.2, 0) is 14.3 Å². The lowest BCUT2D eigenvalue weighted by Gasteiger charge is -2.15. The third-order valence-corrected chi connectivity index (χ3v) is 9.59. The molecule has 0 radical (unpaired) electrons. The standard InChI is InChI=1S/C53H88O4/c1-3-5-7-9-11-13-15-17-19-21-23-24-25-26-27-28-29-31-33-35-37-39-41-43-45-47-49-56-51-52(50-54)57-53(55)48-46-44-42-40-38-36-34-32-30-22-20-18-16-14-12-10-8-6-4-2/h5-8,11-14,17-20,23-24,26-27,30,32,52,54H,3-4,9-10,15-16,21-22,25,28-29,31,33-51H2,1-2H3/b7-5-,8-6-,13-11-,14-12-,19-17-,20-18-,24-23-,27-26-,32-30-. The SMILES string of the molecule is CC/C=C\C/C=C\C/C=C\C/C=C\C/C=C\CCCCCCCCCCCCOCC(CO)OC(=O)CCCCCCCC/C=C\C/C=C\C/C=C\C/C=C\CC. The maximum atomic E-state index is 12.2. The van der Waals surface area contributed by atoms with Gasteiger partial charge in [0.15, 0.2) is 0 Å². The van der Waals surface area contributed by atoms with Gasteiger partial charge in [-0.1, -0.05) is 200 Å². The Balaban J connectivity index is 3.50. The molecule has 1 unspecified atom stereocenters. The highest BCUT2D eigenvalue weighted by Crippen LogP contribution is 2.13. The van der Waals surface area contributed by atoms with E-state index in [9.17, 15) is 9.90 Å². The smallest absolute Gasteiger partial charge is 0.306 e. The summed E-state index contributed by atoms with van der Waals surface area (Å²) >= 11 is 0. The van der Waals surface area contributed by atoms with Gasteiger partial charge in [0.1, 0.15) is 6.10 Å². The molecule has 0 spiro atoms. The summed E-state index contributed by atoms with van der Waals surface area (Å²) in [7, 11) is 0. The minimum atomic E-state index is -0.553. The first-order valence-electron chi connectivity index (χ1n) is 23.5. The summed E-state index contributed by atoms with van der Waals surface area (Å²) in [5.41, 5.74) is 0. The Morgan fingerprint density at radius 2 is 0.737 bits per heavy atom. The predicted molar refractivity (Wildman–Crippen MR) is 251 cm³/mol. The zero-order chi connectivity index (χ0) is 41.2. The molecule has 324 valence electrons. The van der Waals surface area contributed by atoms with Crippen molar-refractivity contribution in [3.05, 3.63) is 109 Å². The summed E-state index contributed by atoms with van der Waals surface area (Å²) in [6.45, 7) is 5.08. The molecule has 0 aromatic heterocycles. The highest BCUT2D eigenvalue weighted by Gasteiger charge is 2.13. The largest absolute Gasteiger partial charge is 0.457 e. The molecule has 1 N–H and O–H groups in total. The van der Waals surface area contributed by atoms with Gasteiger partial charge in [0, 0.05) is 13.0 Å². The fourth-order valence-corrected chi connectivity index (χ4v) is 6.17. The van der Waals surface area contributed by atoms with E-state index in [1.54, 1.807) is 0 Å². The lowest BCUT2D eigenvalue weighted by Crippen LogP contribution is -2.27. The van der Waals surface area contributed by atoms with E-state index in [2.05, 4.69) is 123 Å². The van der Waals surface area contributed by atoms with Crippen molar-refractivity contribution >= 4 is 5.97 Å². The number of unbranched alkanes of at least 4 members (excludes halogenated alkanes) is 16. The molecule has 0 saturated carbocycles. The summed E-state index contributed by atoms with van der Waals surface area (Å²) in [6, 6.07) is 0. The van der Waals surface area contributed by atoms with Crippen LogP contribution in [0.4, 0.5) is 0 Å². The number of rotatable bonds is 42.